The van der Waals surface area contributed by atoms with Crippen LogP contribution >= 0.6 is 0 Å². The van der Waals surface area contributed by atoms with Gasteiger partial charge in [-0.25, -0.2) is 9.48 Å². The highest BCUT2D eigenvalue weighted by atomic mass is 16.2. The first kappa shape index (κ1) is 23.9. The zero-order valence-electron chi connectivity index (χ0n) is 22.0. The molecule has 6 aromatic rings. The fraction of sp³-hybridized carbons (Fsp3) is 0.0882. The van der Waals surface area contributed by atoms with Gasteiger partial charge in [0.1, 0.15) is 11.2 Å². The van der Waals surface area contributed by atoms with Crippen LogP contribution in [0.2, 0.25) is 0 Å². The number of carbonyl (C=O) groups excluding carboxylic acids is 1. The summed E-state index contributed by atoms with van der Waals surface area (Å²) in [5, 5.41) is 12.4. The van der Waals surface area contributed by atoms with Gasteiger partial charge in [-0.3, -0.25) is 4.98 Å². The third kappa shape index (κ3) is 3.76. The molecule has 7 rings (SSSR count). The summed E-state index contributed by atoms with van der Waals surface area (Å²) in [6.45, 7) is 2.45. The molecule has 3 heterocycles. The largest absolute Gasteiger partial charge is 0.334 e. The molecular formula is C34H27N5O. The molecule has 0 radical (unpaired) electrons. The van der Waals surface area contributed by atoms with E-state index in [-0.39, 0.29) is 6.03 Å². The van der Waals surface area contributed by atoms with E-state index in [1.165, 1.54) is 0 Å². The Labute approximate surface area is 232 Å². The van der Waals surface area contributed by atoms with Crippen molar-refractivity contribution in [3.63, 3.8) is 0 Å². The van der Waals surface area contributed by atoms with Crippen LogP contribution in [0, 0.1) is 6.92 Å². The van der Waals surface area contributed by atoms with E-state index in [0.717, 1.165) is 55.8 Å². The lowest BCUT2D eigenvalue weighted by atomic mass is 9.77. The molecule has 194 valence electrons. The van der Waals surface area contributed by atoms with Gasteiger partial charge in [0.2, 0.25) is 0 Å². The molecule has 0 unspecified atom stereocenters. The van der Waals surface area contributed by atoms with E-state index < -0.39 is 5.54 Å². The second-order valence-electron chi connectivity index (χ2n) is 10.1. The number of amides is 2. The second kappa shape index (κ2) is 9.50. The molecule has 2 aromatic heterocycles. The molecule has 2 amide bonds. The second-order valence-corrected chi connectivity index (χ2v) is 10.1. The Kier molecular flexibility index (Phi) is 5.67. The minimum Gasteiger partial charge on any atom is -0.334 e. The highest BCUT2D eigenvalue weighted by Gasteiger charge is 2.41. The molecule has 40 heavy (non-hydrogen) atoms. The van der Waals surface area contributed by atoms with Gasteiger partial charge in [0.25, 0.3) is 0 Å². The number of nitrogens with one attached hydrogen (secondary N) is 2. The van der Waals surface area contributed by atoms with Crippen LogP contribution in [0.3, 0.4) is 0 Å². The Morgan fingerprint density at radius 1 is 0.775 bits per heavy atom. The van der Waals surface area contributed by atoms with Crippen LogP contribution in [0.4, 0.5) is 10.5 Å². The van der Waals surface area contributed by atoms with Crippen molar-refractivity contribution in [1.82, 2.24) is 20.1 Å². The van der Waals surface area contributed by atoms with Crippen LogP contribution < -0.4 is 10.6 Å². The summed E-state index contributed by atoms with van der Waals surface area (Å²) in [6, 6.07) is 39.6. The predicted octanol–water partition coefficient (Wildman–Crippen LogP) is 6.88. The summed E-state index contributed by atoms with van der Waals surface area (Å²) in [6.07, 6.45) is 1.83. The fourth-order valence-corrected chi connectivity index (χ4v) is 5.88. The zero-order chi connectivity index (χ0) is 27.1. The van der Waals surface area contributed by atoms with E-state index in [2.05, 4.69) is 111 Å². The maximum absolute atomic E-state index is 12.3. The Hall–Kier alpha value is -5.23. The molecule has 0 bridgehead atoms. The monoisotopic (exact) mass is 521 g/mol. The van der Waals surface area contributed by atoms with Crippen LogP contribution in [0.1, 0.15) is 27.9 Å². The van der Waals surface area contributed by atoms with Gasteiger partial charge in [-0.05, 0) is 53.4 Å². The highest BCUT2D eigenvalue weighted by Crippen LogP contribution is 2.45. The first-order valence-corrected chi connectivity index (χ1v) is 13.3. The average Bonchev–Trinajstić information content (AvgIpc) is 3.36. The first-order chi connectivity index (χ1) is 19.6. The SMILES string of the molecule is Cc1cc(-c2nn(C(c3ccccc3)(c3ccccc3)c3ccccc3)c3cc4c(cc23)CNC(=O)N4)ccn1. The number of benzene rings is 4. The zero-order valence-corrected chi connectivity index (χ0v) is 22.0. The molecule has 0 fully saturated rings. The Morgan fingerprint density at radius 2 is 1.38 bits per heavy atom. The summed E-state index contributed by atoms with van der Waals surface area (Å²) in [5.41, 5.74) is 7.96. The van der Waals surface area contributed by atoms with Crippen molar-refractivity contribution in [2.75, 3.05) is 5.32 Å². The number of nitrogens with zero attached hydrogens (tertiary/aromatic N) is 3. The number of anilines is 1. The number of fused-ring (bicyclic) bond motifs is 2. The summed E-state index contributed by atoms with van der Waals surface area (Å²) in [7, 11) is 0. The number of aryl methyl sites for hydroxylation is 1. The summed E-state index contributed by atoms with van der Waals surface area (Å²) in [4.78, 5) is 16.8. The molecule has 4 aromatic carbocycles. The summed E-state index contributed by atoms with van der Waals surface area (Å²) >= 11 is 0. The smallest absolute Gasteiger partial charge is 0.319 e. The molecule has 1 aliphatic heterocycles. The average molecular weight is 522 g/mol. The standard InChI is InChI=1S/C34H27N5O/c1-23-19-24(17-18-35-23)32-29-20-25-22-36-33(40)37-30(25)21-31(29)39(38-32)34(26-11-5-2-6-12-26,27-13-7-3-8-14-27)28-15-9-4-10-16-28/h2-21H,22H2,1H3,(H2,36,37,40). The molecule has 0 saturated carbocycles. The van der Waals surface area contributed by atoms with E-state index >= 15 is 0 Å². The third-order valence-electron chi connectivity index (χ3n) is 7.65. The number of urea groups is 1. The van der Waals surface area contributed by atoms with E-state index in [1.807, 2.05) is 37.4 Å². The van der Waals surface area contributed by atoms with E-state index in [1.54, 1.807) is 0 Å². The fourth-order valence-electron chi connectivity index (χ4n) is 5.88. The first-order valence-electron chi connectivity index (χ1n) is 13.3. The van der Waals surface area contributed by atoms with Crippen LogP contribution in [0.25, 0.3) is 22.2 Å². The highest BCUT2D eigenvalue weighted by molar-refractivity contribution is 6.00. The number of hydrogen-bond acceptors (Lipinski definition) is 3. The van der Waals surface area contributed by atoms with Gasteiger partial charge < -0.3 is 10.6 Å². The van der Waals surface area contributed by atoms with E-state index in [4.69, 9.17) is 5.10 Å². The molecular weight excluding hydrogens is 494 g/mol. The van der Waals surface area contributed by atoms with Crippen molar-refractivity contribution in [2.45, 2.75) is 19.0 Å². The number of carbonyl (C=O) groups is 1. The molecule has 0 aliphatic carbocycles. The van der Waals surface area contributed by atoms with Gasteiger partial charge in [-0.2, -0.15) is 5.10 Å². The Balaban J connectivity index is 1.66. The van der Waals surface area contributed by atoms with Crippen LogP contribution in [0.15, 0.2) is 121 Å². The maximum atomic E-state index is 12.3. The van der Waals surface area contributed by atoms with E-state index in [0.29, 0.717) is 6.54 Å². The number of hydrogen-bond donors (Lipinski definition) is 2. The van der Waals surface area contributed by atoms with Crippen molar-refractivity contribution in [1.29, 1.82) is 0 Å². The van der Waals surface area contributed by atoms with Gasteiger partial charge in [-0.1, -0.05) is 91.0 Å². The Bertz CT molecular complexity index is 1750. The Morgan fingerprint density at radius 3 is 1.95 bits per heavy atom. The van der Waals surface area contributed by atoms with Crippen molar-refractivity contribution in [3.8, 4) is 11.3 Å². The molecule has 1 aliphatic rings. The minimum absolute atomic E-state index is 0.205. The van der Waals surface area contributed by atoms with E-state index in [9.17, 15) is 4.79 Å². The maximum Gasteiger partial charge on any atom is 0.319 e. The molecule has 6 nitrogen and oxygen atoms in total. The quantitative estimate of drug-likeness (QED) is 0.243. The minimum atomic E-state index is -0.798. The van der Waals surface area contributed by atoms with Gasteiger partial charge in [0.15, 0.2) is 0 Å². The van der Waals surface area contributed by atoms with Gasteiger partial charge in [-0.15, -0.1) is 0 Å². The van der Waals surface area contributed by atoms with Crippen LogP contribution in [-0.4, -0.2) is 20.8 Å². The van der Waals surface area contributed by atoms with Crippen LogP contribution in [0.5, 0.6) is 0 Å². The number of aromatic nitrogens is 3. The van der Waals surface area contributed by atoms with Gasteiger partial charge >= 0.3 is 6.03 Å². The number of pyridine rings is 1. The topological polar surface area (TPSA) is 71.8 Å². The van der Waals surface area contributed by atoms with Crippen molar-refractivity contribution < 1.29 is 4.79 Å². The molecule has 0 atom stereocenters. The van der Waals surface area contributed by atoms with Crippen LogP contribution in [-0.2, 0) is 12.1 Å². The third-order valence-corrected chi connectivity index (χ3v) is 7.65. The van der Waals surface area contributed by atoms with Crippen molar-refractivity contribution in [2.24, 2.45) is 0 Å². The lowest BCUT2D eigenvalue weighted by Crippen LogP contribution is -2.38. The molecule has 0 saturated heterocycles. The molecule has 2 N–H and O–H groups in total. The normalized spacial score (nSPS) is 13.0. The number of rotatable bonds is 5. The molecule has 6 heteroatoms. The van der Waals surface area contributed by atoms with Gasteiger partial charge in [0, 0.05) is 35.1 Å². The lowest BCUT2D eigenvalue weighted by Gasteiger charge is -2.37. The van der Waals surface area contributed by atoms with Gasteiger partial charge in [0.05, 0.1) is 5.52 Å². The van der Waals surface area contributed by atoms with Crippen molar-refractivity contribution >= 4 is 22.6 Å². The summed E-state index contributed by atoms with van der Waals surface area (Å²) in [5.74, 6) is 0. The molecule has 0 spiro atoms. The predicted molar refractivity (Wildman–Crippen MR) is 158 cm³/mol. The lowest BCUT2D eigenvalue weighted by molar-refractivity contribution is 0.251. The summed E-state index contributed by atoms with van der Waals surface area (Å²) < 4.78 is 2.14. The van der Waals surface area contributed by atoms with Crippen molar-refractivity contribution in [3.05, 3.63) is 149 Å².